The maximum Gasteiger partial charge on any atom is 0.263 e. The van der Waals surface area contributed by atoms with Crippen LogP contribution in [0.25, 0.3) is 5.82 Å². The average molecular weight is 485 g/mol. The molecule has 0 aliphatic rings. The molecule has 2 aromatic heterocycles. The number of hydrogen-bond acceptors (Lipinski definition) is 6. The highest BCUT2D eigenvalue weighted by molar-refractivity contribution is 9.10. The fourth-order valence-electron chi connectivity index (χ4n) is 2.78. The van der Waals surface area contributed by atoms with E-state index in [1.807, 2.05) is 6.07 Å². The van der Waals surface area contributed by atoms with Gasteiger partial charge in [0.25, 0.3) is 10.0 Å². The Morgan fingerprint density at radius 3 is 2.40 bits per heavy atom. The van der Waals surface area contributed by atoms with Crippen LogP contribution in [0.2, 0.25) is 0 Å². The quantitative estimate of drug-likeness (QED) is 0.423. The van der Waals surface area contributed by atoms with Gasteiger partial charge in [-0.2, -0.15) is 5.10 Å². The predicted molar refractivity (Wildman–Crippen MR) is 119 cm³/mol. The van der Waals surface area contributed by atoms with Gasteiger partial charge in [-0.3, -0.25) is 4.72 Å². The first-order valence-corrected chi connectivity index (χ1v) is 11.2. The van der Waals surface area contributed by atoms with Crippen molar-refractivity contribution >= 4 is 43.1 Å². The van der Waals surface area contributed by atoms with Crippen LogP contribution in [0, 0.1) is 6.92 Å². The number of halogens is 1. The number of anilines is 3. The van der Waals surface area contributed by atoms with Gasteiger partial charge in [-0.25, -0.2) is 23.1 Å². The van der Waals surface area contributed by atoms with Crippen LogP contribution in [0.15, 0.2) is 82.4 Å². The molecule has 0 bridgehead atoms. The molecule has 0 aliphatic carbocycles. The summed E-state index contributed by atoms with van der Waals surface area (Å²) in [5.74, 6) is 1.85. The smallest absolute Gasteiger partial charge is 0.263 e. The molecule has 10 heteroatoms. The molecule has 8 nitrogen and oxygen atoms in total. The third-order valence-electron chi connectivity index (χ3n) is 4.10. The van der Waals surface area contributed by atoms with Crippen LogP contribution in [0.3, 0.4) is 0 Å². The summed E-state index contributed by atoms with van der Waals surface area (Å²) in [6.07, 6.45) is 3.48. The summed E-state index contributed by atoms with van der Waals surface area (Å²) in [6, 6.07) is 17.1. The van der Waals surface area contributed by atoms with Gasteiger partial charge in [0.05, 0.1) is 0 Å². The average Bonchev–Trinajstić information content (AvgIpc) is 3.24. The van der Waals surface area contributed by atoms with Gasteiger partial charge in [-0.05, 0) is 65.3 Å². The lowest BCUT2D eigenvalue weighted by atomic mass is 10.3. The summed E-state index contributed by atoms with van der Waals surface area (Å²) in [5.41, 5.74) is 1.20. The highest BCUT2D eigenvalue weighted by Gasteiger charge is 2.17. The van der Waals surface area contributed by atoms with Gasteiger partial charge in [-0.1, -0.05) is 12.1 Å². The zero-order valence-electron chi connectivity index (χ0n) is 15.8. The molecule has 2 aromatic carbocycles. The molecule has 2 N–H and O–H groups in total. The van der Waals surface area contributed by atoms with Gasteiger partial charge in [0.15, 0.2) is 5.82 Å². The largest absolute Gasteiger partial charge is 0.340 e. The third kappa shape index (κ3) is 4.50. The van der Waals surface area contributed by atoms with Crippen molar-refractivity contribution in [1.82, 2.24) is 19.7 Å². The molecule has 2 heterocycles. The fraction of sp³-hybridized carbons (Fsp3) is 0.0500. The molecule has 0 radical (unpaired) electrons. The van der Waals surface area contributed by atoms with Crippen molar-refractivity contribution < 1.29 is 8.42 Å². The Bertz CT molecular complexity index is 1280. The molecule has 0 aliphatic heterocycles. The van der Waals surface area contributed by atoms with Crippen LogP contribution < -0.4 is 10.0 Å². The summed E-state index contributed by atoms with van der Waals surface area (Å²) < 4.78 is 29.9. The first-order chi connectivity index (χ1) is 14.4. The number of hydrogen-bond donors (Lipinski definition) is 2. The van der Waals surface area contributed by atoms with Gasteiger partial charge in [-0.15, -0.1) is 0 Å². The second kappa shape index (κ2) is 8.25. The number of nitrogens with zero attached hydrogens (tertiary/aromatic N) is 4. The van der Waals surface area contributed by atoms with Gasteiger partial charge in [0.1, 0.15) is 16.5 Å². The number of aryl methyl sites for hydroxylation is 1. The molecule has 30 heavy (non-hydrogen) atoms. The summed E-state index contributed by atoms with van der Waals surface area (Å²) >= 11 is 3.27. The van der Waals surface area contributed by atoms with Crippen molar-refractivity contribution in [1.29, 1.82) is 0 Å². The number of benzene rings is 2. The Labute approximate surface area is 182 Å². The van der Waals surface area contributed by atoms with Gasteiger partial charge in [0, 0.05) is 34.3 Å². The molecule has 4 aromatic rings. The Balaban J connectivity index is 1.52. The molecule has 0 fully saturated rings. The maximum absolute atomic E-state index is 12.6. The van der Waals surface area contributed by atoms with E-state index in [0.717, 1.165) is 5.69 Å². The summed E-state index contributed by atoms with van der Waals surface area (Å²) in [5, 5.41) is 7.38. The van der Waals surface area contributed by atoms with E-state index in [4.69, 9.17) is 0 Å². The van der Waals surface area contributed by atoms with E-state index < -0.39 is 10.0 Å². The van der Waals surface area contributed by atoms with E-state index >= 15 is 0 Å². The van der Waals surface area contributed by atoms with Gasteiger partial charge in [0.2, 0.25) is 0 Å². The molecule has 0 saturated carbocycles. The molecule has 152 valence electrons. The minimum absolute atomic E-state index is 0.176. The van der Waals surface area contributed by atoms with E-state index in [2.05, 4.69) is 41.0 Å². The fourth-order valence-corrected chi connectivity index (χ4v) is 4.84. The topological polar surface area (TPSA) is 102 Å². The molecule has 0 amide bonds. The van der Waals surface area contributed by atoms with E-state index in [9.17, 15) is 8.42 Å². The van der Waals surface area contributed by atoms with Crippen molar-refractivity contribution in [2.45, 2.75) is 11.8 Å². The van der Waals surface area contributed by atoms with Crippen LogP contribution in [0.1, 0.15) is 5.82 Å². The number of rotatable bonds is 6. The van der Waals surface area contributed by atoms with E-state index in [-0.39, 0.29) is 4.90 Å². The predicted octanol–water partition coefficient (Wildman–Crippen LogP) is 4.28. The van der Waals surface area contributed by atoms with E-state index in [0.29, 0.717) is 27.6 Å². The lowest BCUT2D eigenvalue weighted by Crippen LogP contribution is -2.13. The standard InChI is InChI=1S/C20H17BrN6O2S/c1-14-23-19(13-20(24-14)27-12-4-11-22-27)25-15-7-9-16(10-8-15)26-30(28,29)18-6-3-2-5-17(18)21/h2-13,26H,1H3,(H,23,24,25). The minimum Gasteiger partial charge on any atom is -0.340 e. The molecule has 4 rings (SSSR count). The minimum atomic E-state index is -3.70. The van der Waals surface area contributed by atoms with Crippen molar-refractivity contribution in [3.05, 3.63) is 83.4 Å². The zero-order chi connectivity index (χ0) is 21.1. The first-order valence-electron chi connectivity index (χ1n) is 8.91. The summed E-state index contributed by atoms with van der Waals surface area (Å²) in [4.78, 5) is 8.94. The summed E-state index contributed by atoms with van der Waals surface area (Å²) in [6.45, 7) is 1.80. The second-order valence-electron chi connectivity index (χ2n) is 6.35. The van der Waals surface area contributed by atoms with Crippen LogP contribution in [0.4, 0.5) is 17.2 Å². The van der Waals surface area contributed by atoms with Crippen molar-refractivity contribution in [2.24, 2.45) is 0 Å². The summed E-state index contributed by atoms with van der Waals surface area (Å²) in [7, 11) is -3.70. The lowest BCUT2D eigenvalue weighted by Gasteiger charge is -2.11. The van der Waals surface area contributed by atoms with Crippen molar-refractivity contribution in [2.75, 3.05) is 10.0 Å². The molecule has 0 unspecified atom stereocenters. The van der Waals surface area contributed by atoms with Crippen LogP contribution in [0.5, 0.6) is 0 Å². The Kier molecular flexibility index (Phi) is 5.51. The third-order valence-corrected chi connectivity index (χ3v) is 6.49. The number of sulfonamides is 1. The molecule has 0 spiro atoms. The normalized spacial score (nSPS) is 11.3. The second-order valence-corrected chi connectivity index (χ2v) is 8.85. The van der Waals surface area contributed by atoms with Crippen molar-refractivity contribution in [3.8, 4) is 5.82 Å². The Morgan fingerprint density at radius 1 is 0.967 bits per heavy atom. The zero-order valence-corrected chi connectivity index (χ0v) is 18.2. The monoisotopic (exact) mass is 484 g/mol. The van der Waals surface area contributed by atoms with Crippen LogP contribution in [-0.2, 0) is 10.0 Å². The van der Waals surface area contributed by atoms with Crippen LogP contribution >= 0.6 is 15.9 Å². The molecular weight excluding hydrogens is 468 g/mol. The maximum atomic E-state index is 12.6. The van der Waals surface area contributed by atoms with E-state index in [1.54, 1.807) is 72.5 Å². The van der Waals surface area contributed by atoms with Crippen LogP contribution in [-0.4, -0.2) is 28.2 Å². The van der Waals surface area contributed by atoms with Crippen molar-refractivity contribution in [3.63, 3.8) is 0 Å². The van der Waals surface area contributed by atoms with E-state index in [1.165, 1.54) is 6.07 Å². The number of aromatic nitrogens is 4. The molecule has 0 atom stereocenters. The Hall–Kier alpha value is -3.24. The highest BCUT2D eigenvalue weighted by Crippen LogP contribution is 2.25. The Morgan fingerprint density at radius 2 is 1.70 bits per heavy atom. The highest BCUT2D eigenvalue weighted by atomic mass is 79.9. The first kappa shape index (κ1) is 20.0. The van der Waals surface area contributed by atoms with Gasteiger partial charge < -0.3 is 5.32 Å². The SMILES string of the molecule is Cc1nc(Nc2ccc(NS(=O)(=O)c3ccccc3Br)cc2)cc(-n2cccn2)n1. The lowest BCUT2D eigenvalue weighted by molar-refractivity contribution is 0.601. The van der Waals surface area contributed by atoms with Gasteiger partial charge >= 0.3 is 0 Å². The molecule has 0 saturated heterocycles. The number of nitrogens with one attached hydrogen (secondary N) is 2. The molecular formula is C20H17BrN6O2S.